The van der Waals surface area contributed by atoms with E-state index in [2.05, 4.69) is 46.2 Å². The first-order valence-electron chi connectivity index (χ1n) is 12.7. The Bertz CT molecular complexity index is 1460. The maximum atomic E-state index is 11.6. The largest absolute Gasteiger partial charge is 0.497 e. The fourth-order valence-corrected chi connectivity index (χ4v) is 5.16. The average Bonchev–Trinajstić information content (AvgIpc) is 2.93. The fourth-order valence-electron chi connectivity index (χ4n) is 4.91. The Morgan fingerprint density at radius 3 is 2.47 bits per heavy atom. The summed E-state index contributed by atoms with van der Waals surface area (Å²) in [6, 6.07) is 21.4. The minimum Gasteiger partial charge on any atom is -0.497 e. The second kappa shape index (κ2) is 11.5. The van der Waals surface area contributed by atoms with Crippen LogP contribution in [-0.2, 0) is 0 Å². The zero-order chi connectivity index (χ0) is 26.6. The molecule has 5 rings (SSSR count). The van der Waals surface area contributed by atoms with Gasteiger partial charge in [-0.1, -0.05) is 41.9 Å². The molecule has 2 heterocycles. The molecule has 0 unspecified atom stereocenters. The highest BCUT2D eigenvalue weighted by Gasteiger charge is 2.22. The lowest BCUT2D eigenvalue weighted by Crippen LogP contribution is -2.49. The van der Waals surface area contributed by atoms with Gasteiger partial charge in [0.25, 0.3) is 0 Å². The van der Waals surface area contributed by atoms with Gasteiger partial charge in [0.15, 0.2) is 5.58 Å². The first kappa shape index (κ1) is 26.1. The van der Waals surface area contributed by atoms with Crippen LogP contribution in [0.2, 0.25) is 5.02 Å². The Labute approximate surface area is 226 Å². The summed E-state index contributed by atoms with van der Waals surface area (Å²) in [5.41, 5.74) is 4.22. The van der Waals surface area contributed by atoms with Gasteiger partial charge >= 0.3 is 5.63 Å². The fraction of sp³-hybridized carbons (Fsp3) is 0.300. The lowest BCUT2D eigenvalue weighted by atomic mass is 10.0. The van der Waals surface area contributed by atoms with Crippen LogP contribution in [0, 0.1) is 6.92 Å². The molecule has 1 aliphatic rings. The molecule has 0 amide bonds. The Balaban J connectivity index is 1.17. The zero-order valence-corrected chi connectivity index (χ0v) is 22.3. The number of nitrogens with zero attached hydrogens (tertiary/aromatic N) is 2. The van der Waals surface area contributed by atoms with Crippen LogP contribution in [0.4, 0.5) is 5.69 Å². The number of aryl methyl sites for hydroxylation is 1. The number of aliphatic hydroxyl groups is 1. The van der Waals surface area contributed by atoms with Crippen molar-refractivity contribution in [1.29, 1.82) is 0 Å². The summed E-state index contributed by atoms with van der Waals surface area (Å²) in [5.74, 6) is 1.37. The molecule has 3 aromatic carbocycles. The highest BCUT2D eigenvalue weighted by Crippen LogP contribution is 2.33. The number of methoxy groups -OCH3 is 1. The van der Waals surface area contributed by atoms with E-state index < -0.39 is 11.7 Å². The number of β-amino-alcohol motifs (C(OH)–C–C–N with tert-alkyl or cyclic N) is 1. The monoisotopic (exact) mass is 534 g/mol. The van der Waals surface area contributed by atoms with Gasteiger partial charge in [0.2, 0.25) is 0 Å². The number of fused-ring (bicyclic) bond motifs is 1. The minimum absolute atomic E-state index is 0.137. The molecule has 1 atom stereocenters. The predicted molar refractivity (Wildman–Crippen MR) is 151 cm³/mol. The van der Waals surface area contributed by atoms with Gasteiger partial charge in [0, 0.05) is 61.5 Å². The van der Waals surface area contributed by atoms with E-state index in [1.165, 1.54) is 17.3 Å². The highest BCUT2D eigenvalue weighted by atomic mass is 35.5. The van der Waals surface area contributed by atoms with E-state index in [-0.39, 0.29) is 6.61 Å². The SMILES string of the molecule is COc1ccc(-c2ccccc2N2CCN(C[C@@H](O)COc3cc(Cl)c4oc(=O)cc(C)c4c3)CC2)cc1. The summed E-state index contributed by atoms with van der Waals surface area (Å²) in [4.78, 5) is 16.3. The van der Waals surface area contributed by atoms with Gasteiger partial charge in [0.05, 0.1) is 12.1 Å². The molecule has 4 aromatic rings. The molecule has 0 bridgehead atoms. The van der Waals surface area contributed by atoms with Crippen LogP contribution in [0.1, 0.15) is 5.56 Å². The van der Waals surface area contributed by atoms with Gasteiger partial charge < -0.3 is 23.9 Å². The van der Waals surface area contributed by atoms with E-state index in [1.54, 1.807) is 19.2 Å². The molecule has 198 valence electrons. The third-order valence-electron chi connectivity index (χ3n) is 6.91. The number of para-hydroxylation sites is 1. The number of hydrogen-bond acceptors (Lipinski definition) is 7. The lowest BCUT2D eigenvalue weighted by molar-refractivity contribution is 0.0663. The Morgan fingerprint density at radius 1 is 1.00 bits per heavy atom. The van der Waals surface area contributed by atoms with E-state index >= 15 is 0 Å². The summed E-state index contributed by atoms with van der Waals surface area (Å²) in [6.45, 7) is 5.89. The van der Waals surface area contributed by atoms with Crippen LogP contribution in [0.15, 0.2) is 75.9 Å². The Kier molecular flexibility index (Phi) is 7.88. The molecule has 1 aliphatic heterocycles. The molecule has 0 spiro atoms. The smallest absolute Gasteiger partial charge is 0.336 e. The van der Waals surface area contributed by atoms with Crippen LogP contribution >= 0.6 is 11.6 Å². The van der Waals surface area contributed by atoms with Crippen molar-refractivity contribution in [2.24, 2.45) is 0 Å². The molecule has 0 radical (unpaired) electrons. The van der Waals surface area contributed by atoms with Crippen molar-refractivity contribution in [3.05, 3.63) is 87.7 Å². The molecule has 1 fully saturated rings. The second-order valence-corrected chi connectivity index (χ2v) is 9.94. The maximum absolute atomic E-state index is 11.6. The quantitative estimate of drug-likeness (QED) is 0.319. The molecule has 8 heteroatoms. The number of benzene rings is 3. The van der Waals surface area contributed by atoms with Crippen LogP contribution < -0.4 is 20.0 Å². The van der Waals surface area contributed by atoms with Gasteiger partial charge in [0.1, 0.15) is 24.2 Å². The van der Waals surface area contributed by atoms with E-state index in [4.69, 9.17) is 25.5 Å². The minimum atomic E-state index is -0.655. The number of rotatable bonds is 8. The summed E-state index contributed by atoms with van der Waals surface area (Å²) in [7, 11) is 1.67. The molecule has 7 nitrogen and oxygen atoms in total. The van der Waals surface area contributed by atoms with E-state index in [0.29, 0.717) is 28.3 Å². The van der Waals surface area contributed by atoms with Crippen LogP contribution in [-0.4, -0.2) is 62.6 Å². The molecule has 0 aliphatic carbocycles. The van der Waals surface area contributed by atoms with Crippen molar-refractivity contribution in [2.75, 3.05) is 51.3 Å². The molecule has 1 saturated heterocycles. The number of anilines is 1. The predicted octanol–water partition coefficient (Wildman–Crippen LogP) is 4.99. The average molecular weight is 535 g/mol. The normalized spacial score (nSPS) is 15.0. The van der Waals surface area contributed by atoms with Crippen molar-refractivity contribution >= 4 is 28.3 Å². The standard InChI is InChI=1S/C30H31ClN2O5/c1-20-15-29(35)38-30-26(20)16-24(17-27(30)31)37-19-22(34)18-32-11-13-33(14-12-32)28-6-4-3-5-25(28)21-7-9-23(36-2)10-8-21/h3-10,15-17,22,34H,11-14,18-19H2,1-2H3/t22-/m1/s1. The first-order valence-corrected chi connectivity index (χ1v) is 13.0. The van der Waals surface area contributed by atoms with Gasteiger partial charge in [-0.05, 0) is 42.3 Å². The molecule has 0 saturated carbocycles. The summed E-state index contributed by atoms with van der Waals surface area (Å²) >= 11 is 6.31. The number of piperazine rings is 1. The molecule has 38 heavy (non-hydrogen) atoms. The number of ether oxygens (including phenoxy) is 2. The van der Waals surface area contributed by atoms with Crippen LogP contribution in [0.3, 0.4) is 0 Å². The zero-order valence-electron chi connectivity index (χ0n) is 21.5. The molecule has 1 aromatic heterocycles. The highest BCUT2D eigenvalue weighted by molar-refractivity contribution is 6.35. The van der Waals surface area contributed by atoms with E-state index in [1.807, 2.05) is 19.1 Å². The van der Waals surface area contributed by atoms with Gasteiger partial charge in [-0.15, -0.1) is 0 Å². The van der Waals surface area contributed by atoms with Crippen molar-refractivity contribution in [1.82, 2.24) is 4.90 Å². The Hall–Kier alpha value is -3.52. The number of halogens is 1. The molecular weight excluding hydrogens is 504 g/mol. The molecule has 1 N–H and O–H groups in total. The van der Waals surface area contributed by atoms with Gasteiger partial charge in [-0.3, -0.25) is 4.90 Å². The summed E-state index contributed by atoms with van der Waals surface area (Å²) in [5, 5.41) is 11.7. The lowest BCUT2D eigenvalue weighted by Gasteiger charge is -2.37. The van der Waals surface area contributed by atoms with Crippen LogP contribution in [0.25, 0.3) is 22.1 Å². The second-order valence-electron chi connectivity index (χ2n) is 9.53. The summed E-state index contributed by atoms with van der Waals surface area (Å²) in [6.07, 6.45) is -0.655. The summed E-state index contributed by atoms with van der Waals surface area (Å²) < 4.78 is 16.4. The first-order chi connectivity index (χ1) is 18.4. The van der Waals surface area contributed by atoms with E-state index in [0.717, 1.165) is 43.1 Å². The van der Waals surface area contributed by atoms with Crippen molar-refractivity contribution in [3.8, 4) is 22.6 Å². The third kappa shape index (κ3) is 5.80. The number of aliphatic hydroxyl groups excluding tert-OH is 1. The van der Waals surface area contributed by atoms with Crippen molar-refractivity contribution < 1.29 is 19.0 Å². The molecular formula is C30H31ClN2O5. The van der Waals surface area contributed by atoms with Gasteiger partial charge in [-0.25, -0.2) is 4.79 Å². The topological polar surface area (TPSA) is 75.4 Å². The van der Waals surface area contributed by atoms with Crippen molar-refractivity contribution in [3.63, 3.8) is 0 Å². The Morgan fingerprint density at radius 2 is 1.74 bits per heavy atom. The number of hydrogen-bond donors (Lipinski definition) is 1. The van der Waals surface area contributed by atoms with Gasteiger partial charge in [-0.2, -0.15) is 0 Å². The van der Waals surface area contributed by atoms with Crippen molar-refractivity contribution in [2.45, 2.75) is 13.0 Å². The van der Waals surface area contributed by atoms with E-state index in [9.17, 15) is 9.90 Å². The van der Waals surface area contributed by atoms with Crippen LogP contribution in [0.5, 0.6) is 11.5 Å². The maximum Gasteiger partial charge on any atom is 0.336 e. The third-order valence-corrected chi connectivity index (χ3v) is 7.19.